The predicted molar refractivity (Wildman–Crippen MR) is 68.7 cm³/mol. The van der Waals surface area contributed by atoms with Crippen molar-refractivity contribution >= 4 is 11.6 Å². The molecule has 0 spiro atoms. The van der Waals surface area contributed by atoms with Gasteiger partial charge in [-0.05, 0) is 37.6 Å². The van der Waals surface area contributed by atoms with E-state index in [2.05, 4.69) is 24.1 Å². The molecule has 4 heteroatoms. The second-order valence-corrected chi connectivity index (χ2v) is 5.30. The molecular weight excluding hydrogens is 239 g/mol. The quantitative estimate of drug-likeness (QED) is 0.875. The zero-order chi connectivity index (χ0) is 12.4. The van der Waals surface area contributed by atoms with Gasteiger partial charge in [-0.3, -0.25) is 4.90 Å². The molecule has 1 fully saturated rings. The summed E-state index contributed by atoms with van der Waals surface area (Å²) in [5.74, 6) is -0.261. The molecule has 1 saturated heterocycles. The molecule has 1 heterocycles. The van der Waals surface area contributed by atoms with Gasteiger partial charge in [0, 0.05) is 36.7 Å². The Balaban J connectivity index is 2.08. The molecule has 0 bridgehead atoms. The van der Waals surface area contributed by atoms with Crippen molar-refractivity contribution < 1.29 is 4.39 Å². The van der Waals surface area contributed by atoms with Gasteiger partial charge < -0.3 is 5.32 Å². The SMILES string of the molecule is CC1CN(Cc2cc(F)cc(Cl)c2)C(C)CN1. The summed E-state index contributed by atoms with van der Waals surface area (Å²) in [7, 11) is 0. The molecule has 2 nitrogen and oxygen atoms in total. The van der Waals surface area contributed by atoms with Gasteiger partial charge in [-0.25, -0.2) is 4.39 Å². The van der Waals surface area contributed by atoms with E-state index in [0.717, 1.165) is 25.2 Å². The summed E-state index contributed by atoms with van der Waals surface area (Å²) < 4.78 is 13.2. The fourth-order valence-corrected chi connectivity index (χ4v) is 2.50. The van der Waals surface area contributed by atoms with Gasteiger partial charge in [0.15, 0.2) is 0 Å². The van der Waals surface area contributed by atoms with Crippen LogP contribution in [0.4, 0.5) is 4.39 Å². The molecule has 1 N–H and O–H groups in total. The highest BCUT2D eigenvalue weighted by Gasteiger charge is 2.22. The fourth-order valence-electron chi connectivity index (χ4n) is 2.25. The zero-order valence-corrected chi connectivity index (χ0v) is 11.0. The Labute approximate surface area is 107 Å². The predicted octanol–water partition coefficient (Wildman–Crippen LogP) is 2.66. The number of nitrogens with zero attached hydrogens (tertiary/aromatic N) is 1. The number of benzene rings is 1. The van der Waals surface area contributed by atoms with Crippen LogP contribution in [0.5, 0.6) is 0 Å². The van der Waals surface area contributed by atoms with Crippen LogP contribution in [0.1, 0.15) is 19.4 Å². The minimum absolute atomic E-state index is 0.261. The average Bonchev–Trinajstić information content (AvgIpc) is 2.22. The number of hydrogen-bond acceptors (Lipinski definition) is 2. The Hall–Kier alpha value is -0.640. The number of hydrogen-bond donors (Lipinski definition) is 1. The maximum Gasteiger partial charge on any atom is 0.125 e. The first-order valence-corrected chi connectivity index (χ1v) is 6.35. The third kappa shape index (κ3) is 3.41. The molecule has 2 atom stereocenters. The summed E-state index contributed by atoms with van der Waals surface area (Å²) in [6.45, 7) is 7.06. The fraction of sp³-hybridized carbons (Fsp3) is 0.538. The van der Waals surface area contributed by atoms with Gasteiger partial charge in [0.1, 0.15) is 5.82 Å². The highest BCUT2D eigenvalue weighted by atomic mass is 35.5. The van der Waals surface area contributed by atoms with Crippen molar-refractivity contribution in [3.05, 3.63) is 34.6 Å². The minimum atomic E-state index is -0.261. The van der Waals surface area contributed by atoms with Gasteiger partial charge in [0.2, 0.25) is 0 Å². The van der Waals surface area contributed by atoms with Crippen LogP contribution in [-0.4, -0.2) is 30.1 Å². The Kier molecular flexibility index (Phi) is 4.02. The monoisotopic (exact) mass is 256 g/mol. The van der Waals surface area contributed by atoms with Crippen LogP contribution in [-0.2, 0) is 6.54 Å². The van der Waals surface area contributed by atoms with Crippen LogP contribution < -0.4 is 5.32 Å². The molecule has 1 aromatic rings. The van der Waals surface area contributed by atoms with Crippen LogP contribution in [0.2, 0.25) is 5.02 Å². The molecule has 0 radical (unpaired) electrons. The van der Waals surface area contributed by atoms with Crippen molar-refractivity contribution in [1.82, 2.24) is 10.2 Å². The van der Waals surface area contributed by atoms with E-state index in [9.17, 15) is 4.39 Å². The first-order valence-electron chi connectivity index (χ1n) is 5.97. The highest BCUT2D eigenvalue weighted by Crippen LogP contribution is 2.18. The summed E-state index contributed by atoms with van der Waals surface area (Å²) in [6.07, 6.45) is 0. The van der Waals surface area contributed by atoms with E-state index in [-0.39, 0.29) is 5.82 Å². The van der Waals surface area contributed by atoms with Gasteiger partial charge >= 0.3 is 0 Å². The number of halogens is 2. The minimum Gasteiger partial charge on any atom is -0.311 e. The van der Waals surface area contributed by atoms with Gasteiger partial charge in [0.25, 0.3) is 0 Å². The first kappa shape index (κ1) is 12.8. The maximum atomic E-state index is 13.2. The summed E-state index contributed by atoms with van der Waals surface area (Å²) in [5, 5.41) is 3.90. The normalized spacial score (nSPS) is 26.1. The lowest BCUT2D eigenvalue weighted by atomic mass is 10.1. The second-order valence-electron chi connectivity index (χ2n) is 4.87. The Morgan fingerprint density at radius 1 is 1.41 bits per heavy atom. The molecule has 1 aromatic carbocycles. The smallest absolute Gasteiger partial charge is 0.125 e. The standard InChI is InChI=1S/C13H18ClFN2/c1-9-7-17(10(2)6-16-9)8-11-3-12(14)5-13(15)4-11/h3-5,9-10,16H,6-8H2,1-2H3. The topological polar surface area (TPSA) is 15.3 Å². The summed E-state index contributed by atoms with van der Waals surface area (Å²) in [4.78, 5) is 2.35. The van der Waals surface area contributed by atoms with Gasteiger partial charge in [0.05, 0.1) is 0 Å². The molecular formula is C13H18ClFN2. The van der Waals surface area contributed by atoms with Gasteiger partial charge in [-0.15, -0.1) is 0 Å². The van der Waals surface area contributed by atoms with Crippen molar-refractivity contribution in [2.45, 2.75) is 32.5 Å². The molecule has 0 amide bonds. The molecule has 94 valence electrons. The number of nitrogens with one attached hydrogen (secondary N) is 1. The van der Waals surface area contributed by atoms with Crippen LogP contribution in [0, 0.1) is 5.82 Å². The molecule has 0 aliphatic carbocycles. The Bertz CT molecular complexity index is 377. The molecule has 17 heavy (non-hydrogen) atoms. The van der Waals surface area contributed by atoms with Crippen molar-refractivity contribution in [3.63, 3.8) is 0 Å². The zero-order valence-electron chi connectivity index (χ0n) is 10.2. The maximum absolute atomic E-state index is 13.2. The van der Waals surface area contributed by atoms with Gasteiger partial charge in [-0.2, -0.15) is 0 Å². The van der Waals surface area contributed by atoms with Crippen molar-refractivity contribution in [2.24, 2.45) is 0 Å². The van der Waals surface area contributed by atoms with Crippen LogP contribution in [0.3, 0.4) is 0 Å². The largest absolute Gasteiger partial charge is 0.311 e. The summed E-state index contributed by atoms with van der Waals surface area (Å²) in [6, 6.07) is 5.69. The first-order chi connectivity index (χ1) is 8.04. The summed E-state index contributed by atoms with van der Waals surface area (Å²) in [5.41, 5.74) is 0.941. The highest BCUT2D eigenvalue weighted by molar-refractivity contribution is 6.30. The Morgan fingerprint density at radius 3 is 2.88 bits per heavy atom. The van der Waals surface area contributed by atoms with Crippen molar-refractivity contribution in [3.8, 4) is 0 Å². The van der Waals surface area contributed by atoms with Crippen molar-refractivity contribution in [2.75, 3.05) is 13.1 Å². The lowest BCUT2D eigenvalue weighted by Gasteiger charge is -2.37. The van der Waals surface area contributed by atoms with E-state index in [4.69, 9.17) is 11.6 Å². The lowest BCUT2D eigenvalue weighted by Crippen LogP contribution is -2.53. The molecule has 2 unspecified atom stereocenters. The van der Waals surface area contributed by atoms with Crippen LogP contribution in [0.25, 0.3) is 0 Å². The molecule has 1 aliphatic heterocycles. The van der Waals surface area contributed by atoms with Crippen molar-refractivity contribution in [1.29, 1.82) is 0 Å². The third-order valence-electron chi connectivity index (χ3n) is 3.20. The molecule has 1 aliphatic rings. The molecule has 0 saturated carbocycles. The second kappa shape index (κ2) is 5.34. The number of piperazine rings is 1. The van der Waals surface area contributed by atoms with Crippen LogP contribution >= 0.6 is 11.6 Å². The summed E-state index contributed by atoms with van der Waals surface area (Å²) >= 11 is 5.86. The van der Waals surface area contributed by atoms with E-state index in [0.29, 0.717) is 17.1 Å². The third-order valence-corrected chi connectivity index (χ3v) is 3.42. The van der Waals surface area contributed by atoms with E-state index in [1.807, 2.05) is 6.07 Å². The lowest BCUT2D eigenvalue weighted by molar-refractivity contribution is 0.138. The Morgan fingerprint density at radius 2 is 2.18 bits per heavy atom. The van der Waals surface area contributed by atoms with Crippen LogP contribution in [0.15, 0.2) is 18.2 Å². The van der Waals surface area contributed by atoms with E-state index >= 15 is 0 Å². The van der Waals surface area contributed by atoms with Gasteiger partial charge in [-0.1, -0.05) is 11.6 Å². The van der Waals surface area contributed by atoms with E-state index in [1.54, 1.807) is 6.07 Å². The molecule has 2 rings (SSSR count). The van der Waals surface area contributed by atoms with E-state index < -0.39 is 0 Å². The van der Waals surface area contributed by atoms with E-state index in [1.165, 1.54) is 6.07 Å². The average molecular weight is 257 g/mol. The molecule has 0 aromatic heterocycles. The number of rotatable bonds is 2.